The van der Waals surface area contributed by atoms with Gasteiger partial charge in [-0.05, 0) is 110 Å². The Morgan fingerprint density at radius 3 is 1.57 bits per heavy atom. The predicted molar refractivity (Wildman–Crippen MR) is 169 cm³/mol. The van der Waals surface area contributed by atoms with E-state index < -0.39 is 0 Å². The van der Waals surface area contributed by atoms with E-state index in [1.54, 1.807) is 0 Å². The van der Waals surface area contributed by atoms with Crippen molar-refractivity contribution >= 4 is 28.5 Å². The lowest BCUT2D eigenvalue weighted by Gasteiger charge is -2.32. The van der Waals surface area contributed by atoms with E-state index in [0.29, 0.717) is 11.8 Å². The molecule has 2 nitrogen and oxygen atoms in total. The van der Waals surface area contributed by atoms with E-state index in [9.17, 15) is 0 Å². The van der Waals surface area contributed by atoms with Gasteiger partial charge >= 0.3 is 7.12 Å². The van der Waals surface area contributed by atoms with Crippen LogP contribution in [0.4, 0.5) is 0 Å². The molecule has 0 spiro atoms. The van der Waals surface area contributed by atoms with Crippen LogP contribution in [0, 0.1) is 0 Å². The second-order valence-electron chi connectivity index (χ2n) is 12.5. The number of benzene rings is 4. The molecule has 0 N–H and O–H groups in total. The lowest BCUT2D eigenvalue weighted by atomic mass is 9.75. The molecule has 1 heterocycles. The first-order valence-corrected chi connectivity index (χ1v) is 15.3. The van der Waals surface area contributed by atoms with E-state index in [2.05, 4.69) is 141 Å². The highest BCUT2D eigenvalue weighted by atomic mass is 79.9. The van der Waals surface area contributed by atoms with Crippen LogP contribution in [0.1, 0.15) is 72.9 Å². The number of hydrogen-bond donors (Lipinski definition) is 0. The highest BCUT2D eigenvalue weighted by Crippen LogP contribution is 2.39. The van der Waals surface area contributed by atoms with Gasteiger partial charge in [-0.25, -0.2) is 0 Å². The van der Waals surface area contributed by atoms with Crippen LogP contribution in [0.25, 0.3) is 0 Å². The Morgan fingerprint density at radius 2 is 1.05 bits per heavy atom. The van der Waals surface area contributed by atoms with Gasteiger partial charge in [0.25, 0.3) is 0 Å². The van der Waals surface area contributed by atoms with E-state index in [4.69, 9.17) is 9.31 Å². The number of hydrogen-bond acceptors (Lipinski definition) is 2. The van der Waals surface area contributed by atoms with Gasteiger partial charge in [0.05, 0.1) is 11.2 Å². The van der Waals surface area contributed by atoms with Crippen LogP contribution in [0.3, 0.4) is 0 Å². The summed E-state index contributed by atoms with van der Waals surface area (Å²) in [7, 11) is -0.264. The highest BCUT2D eigenvalue weighted by Gasteiger charge is 2.52. The molecule has 4 heteroatoms. The normalized spacial score (nSPS) is 21.9. The Labute approximate surface area is 248 Å². The van der Waals surface area contributed by atoms with Gasteiger partial charge in [0.15, 0.2) is 0 Å². The van der Waals surface area contributed by atoms with Crippen molar-refractivity contribution in [3.05, 3.63) is 135 Å². The molecule has 0 amide bonds. The molecule has 2 unspecified atom stereocenters. The number of rotatable bonds is 3. The molecule has 40 heavy (non-hydrogen) atoms. The fraction of sp³-hybridized carbons (Fsp3) is 0.333. The van der Waals surface area contributed by atoms with Crippen LogP contribution >= 0.6 is 15.9 Å². The van der Waals surface area contributed by atoms with E-state index in [1.165, 1.54) is 56.2 Å². The molecule has 0 aromatic heterocycles. The van der Waals surface area contributed by atoms with Crippen LogP contribution in [-0.4, -0.2) is 18.3 Å². The Bertz CT molecular complexity index is 1470. The summed E-state index contributed by atoms with van der Waals surface area (Å²) in [6.07, 6.45) is 4.52. The summed E-state index contributed by atoms with van der Waals surface area (Å²) in [5.41, 5.74) is 9.37. The first-order chi connectivity index (χ1) is 19.2. The molecule has 4 aromatic rings. The summed E-state index contributed by atoms with van der Waals surface area (Å²) >= 11 is 3.65. The molecule has 1 saturated heterocycles. The van der Waals surface area contributed by atoms with E-state index in [-0.39, 0.29) is 18.3 Å². The van der Waals surface area contributed by atoms with Gasteiger partial charge in [-0.3, -0.25) is 0 Å². The highest BCUT2D eigenvalue weighted by molar-refractivity contribution is 9.10. The van der Waals surface area contributed by atoms with Gasteiger partial charge < -0.3 is 9.31 Å². The molecule has 1 aliphatic heterocycles. The zero-order valence-electron chi connectivity index (χ0n) is 24.0. The predicted octanol–water partition coefficient (Wildman–Crippen LogP) is 8.20. The largest absolute Gasteiger partial charge is 0.495 e. The maximum atomic E-state index is 6.29. The van der Waals surface area contributed by atoms with Crippen molar-refractivity contribution in [1.29, 1.82) is 0 Å². The van der Waals surface area contributed by atoms with Gasteiger partial charge in [0, 0.05) is 4.47 Å². The van der Waals surface area contributed by atoms with Crippen LogP contribution < -0.4 is 5.46 Å². The second kappa shape index (κ2) is 11.0. The Kier molecular flexibility index (Phi) is 7.54. The topological polar surface area (TPSA) is 18.5 Å². The summed E-state index contributed by atoms with van der Waals surface area (Å²) < 4.78 is 13.9. The van der Waals surface area contributed by atoms with Crippen molar-refractivity contribution in [2.24, 2.45) is 0 Å². The lowest BCUT2D eigenvalue weighted by molar-refractivity contribution is 0.00578. The Balaban J connectivity index is 0.000000157. The summed E-state index contributed by atoms with van der Waals surface area (Å²) in [4.78, 5) is 0. The van der Waals surface area contributed by atoms with E-state index in [1.807, 2.05) is 0 Å². The van der Waals surface area contributed by atoms with Crippen LogP contribution in [0.15, 0.2) is 102 Å². The van der Waals surface area contributed by atoms with Crippen molar-refractivity contribution in [2.75, 3.05) is 0 Å². The van der Waals surface area contributed by atoms with Gasteiger partial charge in [-0.15, -0.1) is 0 Å². The fourth-order valence-electron chi connectivity index (χ4n) is 6.40. The zero-order chi connectivity index (χ0) is 27.9. The van der Waals surface area contributed by atoms with Gasteiger partial charge in [0.1, 0.15) is 0 Å². The molecule has 1 fully saturated rings. The lowest BCUT2D eigenvalue weighted by Crippen LogP contribution is -2.41. The smallest absolute Gasteiger partial charge is 0.399 e. The second-order valence-corrected chi connectivity index (χ2v) is 13.3. The van der Waals surface area contributed by atoms with Gasteiger partial charge in [0.2, 0.25) is 0 Å². The molecule has 3 aliphatic rings. The Hall–Kier alpha value is -2.66. The monoisotopic (exact) mass is 592 g/mol. The maximum Gasteiger partial charge on any atom is 0.495 e. The molecular weight excluding hydrogens is 555 g/mol. The van der Waals surface area contributed by atoms with Gasteiger partial charge in [-0.1, -0.05) is 107 Å². The third-order valence-electron chi connectivity index (χ3n) is 9.41. The summed E-state index contributed by atoms with van der Waals surface area (Å²) in [5.74, 6) is 1.22. The molecule has 2 aliphatic carbocycles. The minimum absolute atomic E-state index is 0.264. The Morgan fingerprint density at radius 1 is 0.575 bits per heavy atom. The molecule has 0 saturated carbocycles. The van der Waals surface area contributed by atoms with Crippen molar-refractivity contribution in [3.8, 4) is 0 Å². The van der Waals surface area contributed by atoms with Crippen LogP contribution in [0.5, 0.6) is 0 Å². The molecule has 0 bridgehead atoms. The third kappa shape index (κ3) is 5.34. The van der Waals surface area contributed by atoms with Crippen LogP contribution in [0.2, 0.25) is 0 Å². The maximum absolute atomic E-state index is 6.29. The van der Waals surface area contributed by atoms with Crippen molar-refractivity contribution in [1.82, 2.24) is 0 Å². The third-order valence-corrected chi connectivity index (χ3v) is 10.2. The molecule has 0 radical (unpaired) electrons. The molecule has 4 aromatic carbocycles. The molecule has 2 atom stereocenters. The fourth-order valence-corrected chi connectivity index (χ4v) is 6.97. The minimum Gasteiger partial charge on any atom is -0.399 e. The summed E-state index contributed by atoms with van der Waals surface area (Å²) in [6, 6.07) is 34.8. The first-order valence-electron chi connectivity index (χ1n) is 14.5. The standard InChI is InChI=1S/C21H25BO2.C15H13Br/c1-20(2)21(3,4)24-22(23-20)19-12-8-11-16-13-17(14-18(16)19)15-9-6-5-7-10-15;16-15-8-4-7-12-9-13(10-14(12)15)11-5-2-1-3-6-11/h5-12,17H,13-14H2,1-4H3;1-8,13H,9-10H2. The van der Waals surface area contributed by atoms with Crippen LogP contribution in [-0.2, 0) is 35.0 Å². The van der Waals surface area contributed by atoms with Gasteiger partial charge in [-0.2, -0.15) is 0 Å². The van der Waals surface area contributed by atoms with Crippen molar-refractivity contribution in [2.45, 2.75) is 76.4 Å². The summed E-state index contributed by atoms with van der Waals surface area (Å²) in [6.45, 7) is 8.46. The average Bonchev–Trinajstić information content (AvgIpc) is 3.64. The zero-order valence-corrected chi connectivity index (χ0v) is 25.6. The molecule has 204 valence electrons. The molecule has 7 rings (SSSR count). The number of halogens is 1. The molecular formula is C36H38BBrO2. The SMILES string of the molecule is Brc1cccc2c1CC(c1ccccc1)C2.CC1(C)OB(c2cccc3c2CC(c2ccccc2)C3)OC1(C)C. The quantitative estimate of drug-likeness (QED) is 0.223. The first kappa shape index (κ1) is 27.5. The minimum atomic E-state index is -0.294. The van der Waals surface area contributed by atoms with Crippen molar-refractivity contribution in [3.63, 3.8) is 0 Å². The van der Waals surface area contributed by atoms with E-state index >= 15 is 0 Å². The van der Waals surface area contributed by atoms with Crippen molar-refractivity contribution < 1.29 is 9.31 Å². The number of fused-ring (bicyclic) bond motifs is 2. The average molecular weight is 593 g/mol. The van der Waals surface area contributed by atoms with E-state index in [0.717, 1.165) is 12.8 Å². The summed E-state index contributed by atoms with van der Waals surface area (Å²) in [5, 5.41) is 0.